The van der Waals surface area contributed by atoms with Crippen molar-refractivity contribution in [1.82, 2.24) is 0 Å². The minimum atomic E-state index is -1.89. The first-order valence-electron chi connectivity index (χ1n) is 14.3. The average Bonchev–Trinajstić information content (AvgIpc) is 3.21. The summed E-state index contributed by atoms with van der Waals surface area (Å²) in [4.78, 5) is 7.74. The lowest BCUT2D eigenvalue weighted by atomic mass is 9.33. The van der Waals surface area contributed by atoms with Crippen LogP contribution in [-0.4, -0.2) is 20.4 Å². The Bertz CT molecular complexity index is 1900. The summed E-state index contributed by atoms with van der Waals surface area (Å²) in [6.07, 6.45) is 0. The summed E-state index contributed by atoms with van der Waals surface area (Å²) in [6, 6.07) is 41.1. The number of rotatable bonds is 1. The molecule has 0 amide bonds. The zero-order valence-electron chi connectivity index (χ0n) is 23.3. The highest BCUT2D eigenvalue weighted by Crippen LogP contribution is 2.54. The lowest BCUT2D eigenvalue weighted by Gasteiger charge is -2.50. The maximum absolute atomic E-state index is 2.61. The molecule has 0 spiro atoms. The second-order valence-corrected chi connectivity index (χ2v) is 16.9. The molecule has 0 unspecified atom stereocenters. The molecular weight excluding hydrogens is 501 g/mol. The van der Waals surface area contributed by atoms with Gasteiger partial charge < -0.3 is 14.7 Å². The maximum Gasteiger partial charge on any atom is 0.252 e. The van der Waals surface area contributed by atoms with Gasteiger partial charge in [-0.2, -0.15) is 0 Å². The average molecular weight is 532 g/mol. The van der Waals surface area contributed by atoms with Crippen LogP contribution in [0.4, 0.5) is 39.8 Å². The molecule has 4 aliphatic heterocycles. The summed E-state index contributed by atoms with van der Waals surface area (Å²) in [6.45, 7) is 9.97. The van der Waals surface area contributed by atoms with Gasteiger partial charge in [0.1, 0.15) is 13.7 Å². The van der Waals surface area contributed by atoms with Crippen molar-refractivity contribution in [2.75, 3.05) is 14.7 Å². The Balaban J connectivity index is 1.40. The number of benzene rings is 5. The van der Waals surface area contributed by atoms with Crippen molar-refractivity contribution < 1.29 is 0 Å². The van der Waals surface area contributed by atoms with Crippen LogP contribution in [0.15, 0.2) is 109 Å². The van der Waals surface area contributed by atoms with E-state index in [1.807, 2.05) is 0 Å². The minimum absolute atomic E-state index is 0.199. The van der Waals surface area contributed by atoms with Gasteiger partial charge >= 0.3 is 0 Å². The summed E-state index contributed by atoms with van der Waals surface area (Å²) in [7, 11) is -1.89. The van der Waals surface area contributed by atoms with E-state index in [0.29, 0.717) is 0 Å². The maximum atomic E-state index is 2.61. The summed E-state index contributed by atoms with van der Waals surface area (Å²) < 4.78 is 0. The number of fused-ring (bicyclic) bond motifs is 6. The van der Waals surface area contributed by atoms with Crippen LogP contribution in [0, 0.1) is 0 Å². The number of para-hydroxylation sites is 4. The summed E-state index contributed by atoms with van der Waals surface area (Å²) in [5, 5.41) is 3.06. The molecule has 0 fully saturated rings. The third kappa shape index (κ3) is 2.49. The fourth-order valence-electron chi connectivity index (χ4n) is 8.29. The lowest BCUT2D eigenvalue weighted by molar-refractivity contribution is 0.541. The van der Waals surface area contributed by atoms with Crippen LogP contribution in [0.5, 0.6) is 0 Å². The standard InChI is InChI=1S/C35H30BN3Si/c1-35(2)38(23-13-6-5-7-14-23)29-20-10-15-24-33(29)39(35)28-19-12-18-27-32(28)36(24)25-16-11-22-31-34(25)37(27)26-17-8-9-21-30(26)40(31,3)4/h5-22H,1-4H3. The Kier molecular flexibility index (Phi) is 4.12. The van der Waals surface area contributed by atoms with Crippen molar-refractivity contribution in [2.45, 2.75) is 32.6 Å². The Hall–Kier alpha value is -4.22. The first-order valence-corrected chi connectivity index (χ1v) is 17.3. The Labute approximate surface area is 237 Å². The fraction of sp³-hybridized carbons (Fsp3) is 0.143. The highest BCUT2D eigenvalue weighted by atomic mass is 28.3. The molecule has 0 atom stereocenters. The zero-order chi connectivity index (χ0) is 27.0. The smallest absolute Gasteiger partial charge is 0.252 e. The molecule has 0 bridgehead atoms. The van der Waals surface area contributed by atoms with Crippen LogP contribution >= 0.6 is 0 Å². The van der Waals surface area contributed by atoms with Crippen LogP contribution in [0.2, 0.25) is 13.1 Å². The van der Waals surface area contributed by atoms with Gasteiger partial charge in [-0.3, -0.25) is 0 Å². The predicted octanol–water partition coefficient (Wildman–Crippen LogP) is 5.46. The summed E-state index contributed by atoms with van der Waals surface area (Å²) in [5.74, 6) is 0. The molecule has 0 aromatic heterocycles. The third-order valence-electron chi connectivity index (χ3n) is 9.85. The second-order valence-electron chi connectivity index (χ2n) is 12.6. The molecule has 0 aliphatic carbocycles. The van der Waals surface area contributed by atoms with Gasteiger partial charge in [0.05, 0.1) is 11.4 Å². The van der Waals surface area contributed by atoms with E-state index >= 15 is 0 Å². The van der Waals surface area contributed by atoms with Crippen molar-refractivity contribution in [1.29, 1.82) is 0 Å². The number of hydrogen-bond acceptors (Lipinski definition) is 3. The summed E-state index contributed by atoms with van der Waals surface area (Å²) >= 11 is 0. The molecule has 5 aromatic rings. The minimum Gasteiger partial charge on any atom is -0.317 e. The van der Waals surface area contributed by atoms with E-state index in [-0.39, 0.29) is 12.4 Å². The first-order chi connectivity index (χ1) is 19.4. The topological polar surface area (TPSA) is 9.72 Å². The van der Waals surface area contributed by atoms with Gasteiger partial charge in [-0.25, -0.2) is 0 Å². The van der Waals surface area contributed by atoms with Gasteiger partial charge in [0, 0.05) is 28.4 Å². The van der Waals surface area contributed by atoms with Gasteiger partial charge in [-0.15, -0.1) is 0 Å². The van der Waals surface area contributed by atoms with E-state index in [1.54, 1.807) is 5.19 Å². The van der Waals surface area contributed by atoms with E-state index in [0.717, 1.165) is 0 Å². The number of nitrogens with zero attached hydrogens (tertiary/aromatic N) is 3. The van der Waals surface area contributed by atoms with E-state index < -0.39 is 8.07 Å². The van der Waals surface area contributed by atoms with Crippen LogP contribution in [0.25, 0.3) is 0 Å². The molecule has 4 aliphatic rings. The Morgan fingerprint density at radius 2 is 1.15 bits per heavy atom. The van der Waals surface area contributed by atoms with Crippen molar-refractivity contribution >= 4 is 81.4 Å². The molecule has 0 N–H and O–H groups in total. The summed E-state index contributed by atoms with van der Waals surface area (Å²) in [5.41, 5.74) is 13.3. The molecule has 5 aromatic carbocycles. The molecule has 4 heterocycles. The highest BCUT2D eigenvalue weighted by Gasteiger charge is 2.54. The molecule has 3 nitrogen and oxygen atoms in total. The normalized spacial score (nSPS) is 17.7. The zero-order valence-corrected chi connectivity index (χ0v) is 24.3. The van der Waals surface area contributed by atoms with Crippen LogP contribution in [-0.2, 0) is 0 Å². The van der Waals surface area contributed by atoms with E-state index in [9.17, 15) is 0 Å². The van der Waals surface area contributed by atoms with E-state index in [2.05, 4.69) is 151 Å². The van der Waals surface area contributed by atoms with Gasteiger partial charge in [0.25, 0.3) is 6.71 Å². The van der Waals surface area contributed by atoms with E-state index in [1.165, 1.54) is 61.4 Å². The van der Waals surface area contributed by atoms with Crippen LogP contribution in [0.3, 0.4) is 0 Å². The van der Waals surface area contributed by atoms with Crippen LogP contribution < -0.4 is 41.5 Å². The lowest BCUT2D eigenvalue weighted by Crippen LogP contribution is -2.68. The van der Waals surface area contributed by atoms with Crippen molar-refractivity contribution in [3.8, 4) is 0 Å². The second kappa shape index (κ2) is 7.29. The monoisotopic (exact) mass is 531 g/mol. The van der Waals surface area contributed by atoms with Gasteiger partial charge in [-0.1, -0.05) is 85.9 Å². The predicted molar refractivity (Wildman–Crippen MR) is 174 cm³/mol. The quantitative estimate of drug-likeness (QED) is 0.261. The SMILES string of the molecule is CC1(C)N(c2ccccc2)c2cccc3c2N1c1cccc2c1B3c1cccc3c1N2c1ccccc1[Si]3(C)C. The van der Waals surface area contributed by atoms with Crippen LogP contribution in [0.1, 0.15) is 13.8 Å². The molecule has 5 heteroatoms. The van der Waals surface area contributed by atoms with E-state index in [4.69, 9.17) is 0 Å². The number of hydrogen-bond donors (Lipinski definition) is 0. The Morgan fingerprint density at radius 1 is 0.550 bits per heavy atom. The van der Waals surface area contributed by atoms with Gasteiger partial charge in [0.2, 0.25) is 0 Å². The molecule has 9 rings (SSSR count). The van der Waals surface area contributed by atoms with Crippen molar-refractivity contribution in [3.05, 3.63) is 109 Å². The third-order valence-corrected chi connectivity index (χ3v) is 13.4. The molecule has 0 saturated carbocycles. The first kappa shape index (κ1) is 22.6. The molecule has 0 saturated heterocycles. The van der Waals surface area contributed by atoms with Crippen molar-refractivity contribution in [2.24, 2.45) is 0 Å². The molecular formula is C35H30BN3Si. The Morgan fingerprint density at radius 3 is 1.98 bits per heavy atom. The highest BCUT2D eigenvalue weighted by molar-refractivity contribution is 7.05. The van der Waals surface area contributed by atoms with Crippen molar-refractivity contribution in [3.63, 3.8) is 0 Å². The largest absolute Gasteiger partial charge is 0.317 e. The fourth-order valence-corrected chi connectivity index (χ4v) is 11.3. The molecule has 192 valence electrons. The molecule has 0 radical (unpaired) electrons. The molecule has 40 heavy (non-hydrogen) atoms. The van der Waals surface area contributed by atoms with Gasteiger partial charge in [-0.05, 0) is 77.0 Å². The number of anilines is 7. The van der Waals surface area contributed by atoms with Gasteiger partial charge in [0.15, 0.2) is 0 Å².